The number of carbonyl (C=O) groups is 3. The molecule has 0 atom stereocenters. The van der Waals surface area contributed by atoms with E-state index in [-0.39, 0.29) is 30.4 Å². The van der Waals surface area contributed by atoms with E-state index in [1.165, 1.54) is 0 Å². The van der Waals surface area contributed by atoms with Crippen LogP contribution in [0.15, 0.2) is 42.5 Å². The Morgan fingerprint density at radius 3 is 2.32 bits per heavy atom. The highest BCUT2D eigenvalue weighted by Crippen LogP contribution is 2.16. The van der Waals surface area contributed by atoms with E-state index in [2.05, 4.69) is 5.32 Å². The number of hydrogen-bond donors (Lipinski definition) is 1. The van der Waals surface area contributed by atoms with Crippen molar-refractivity contribution in [2.24, 2.45) is 0 Å². The molecule has 5 nitrogen and oxygen atoms in total. The summed E-state index contributed by atoms with van der Waals surface area (Å²) in [5, 5.41) is 2.78. The largest absolute Gasteiger partial charge is 0.339 e. The van der Waals surface area contributed by atoms with Gasteiger partial charge in [-0.3, -0.25) is 14.4 Å². The van der Waals surface area contributed by atoms with Crippen LogP contribution in [-0.2, 0) is 4.79 Å². The summed E-state index contributed by atoms with van der Waals surface area (Å²) in [5.41, 5.74) is 3.70. The molecule has 1 N–H and O–H groups in total. The number of aryl methyl sites for hydroxylation is 2. The molecule has 0 saturated carbocycles. The molecule has 0 saturated heterocycles. The maximum absolute atomic E-state index is 12.4. The van der Waals surface area contributed by atoms with E-state index in [9.17, 15) is 14.4 Å². The first-order valence-corrected chi connectivity index (χ1v) is 9.65. The Bertz CT molecular complexity index is 870. The Balaban J connectivity index is 1.98. The van der Waals surface area contributed by atoms with E-state index < -0.39 is 0 Å². The summed E-state index contributed by atoms with van der Waals surface area (Å²) >= 11 is 0. The minimum atomic E-state index is -0.244. The molecule has 0 aromatic heterocycles. The molecule has 0 aliphatic carbocycles. The number of nitrogens with one attached hydrogen (secondary N) is 1. The van der Waals surface area contributed by atoms with Gasteiger partial charge in [-0.15, -0.1) is 0 Å². The number of anilines is 1. The van der Waals surface area contributed by atoms with Crippen LogP contribution in [0, 0.1) is 13.8 Å². The van der Waals surface area contributed by atoms with Crippen LogP contribution in [0.25, 0.3) is 0 Å². The van der Waals surface area contributed by atoms with Gasteiger partial charge in [-0.05, 0) is 57.5 Å². The van der Waals surface area contributed by atoms with Gasteiger partial charge in [0.2, 0.25) is 5.91 Å². The van der Waals surface area contributed by atoms with Crippen LogP contribution < -0.4 is 5.32 Å². The Hall–Kier alpha value is -2.95. The molecule has 148 valence electrons. The molecule has 2 amide bonds. The van der Waals surface area contributed by atoms with E-state index in [4.69, 9.17) is 0 Å². The monoisotopic (exact) mass is 380 g/mol. The molecule has 0 unspecified atom stereocenters. The lowest BCUT2D eigenvalue weighted by Crippen LogP contribution is -2.30. The predicted octanol–water partition coefficient (Wildman–Crippen LogP) is 4.39. The third kappa shape index (κ3) is 5.52. The lowest BCUT2D eigenvalue weighted by atomic mass is 9.99. The minimum absolute atomic E-state index is 0.0400. The number of hydrogen-bond acceptors (Lipinski definition) is 3. The molecule has 2 aromatic rings. The minimum Gasteiger partial charge on any atom is -0.339 e. The number of ketones is 1. The summed E-state index contributed by atoms with van der Waals surface area (Å²) < 4.78 is 0. The van der Waals surface area contributed by atoms with Gasteiger partial charge in [0.15, 0.2) is 5.78 Å². The standard InChI is InChI=1S/C23H28N2O3/c1-5-25(6-2)23(28)18-8-7-9-19(15-18)24-22(27)13-12-21(26)20-14-16(3)10-11-17(20)4/h7-11,14-15H,5-6,12-13H2,1-4H3,(H,24,27). The van der Waals surface area contributed by atoms with Crippen molar-refractivity contribution in [3.8, 4) is 0 Å². The normalized spacial score (nSPS) is 10.4. The van der Waals surface area contributed by atoms with Crippen molar-refractivity contribution in [2.75, 3.05) is 18.4 Å². The number of rotatable bonds is 8. The molecule has 28 heavy (non-hydrogen) atoms. The zero-order chi connectivity index (χ0) is 20.7. The van der Waals surface area contributed by atoms with Crippen molar-refractivity contribution in [2.45, 2.75) is 40.5 Å². The van der Waals surface area contributed by atoms with Crippen LogP contribution in [-0.4, -0.2) is 35.6 Å². The lowest BCUT2D eigenvalue weighted by Gasteiger charge is -2.19. The zero-order valence-electron chi connectivity index (χ0n) is 17.0. The second-order valence-electron chi connectivity index (χ2n) is 6.85. The molecule has 5 heteroatoms. The third-order valence-corrected chi connectivity index (χ3v) is 4.72. The summed E-state index contributed by atoms with van der Waals surface area (Å²) in [4.78, 5) is 38.9. The SMILES string of the molecule is CCN(CC)C(=O)c1cccc(NC(=O)CCC(=O)c2cc(C)ccc2C)c1. The second kappa shape index (κ2) is 9.83. The Morgan fingerprint density at radius 1 is 0.929 bits per heavy atom. The van der Waals surface area contributed by atoms with E-state index >= 15 is 0 Å². The van der Waals surface area contributed by atoms with Crippen LogP contribution in [0.3, 0.4) is 0 Å². The maximum Gasteiger partial charge on any atom is 0.253 e. The second-order valence-corrected chi connectivity index (χ2v) is 6.85. The molecule has 2 aromatic carbocycles. The average molecular weight is 380 g/mol. The number of amides is 2. The van der Waals surface area contributed by atoms with Crippen molar-refractivity contribution in [1.82, 2.24) is 4.90 Å². The van der Waals surface area contributed by atoms with Gasteiger partial charge >= 0.3 is 0 Å². The summed E-state index contributed by atoms with van der Waals surface area (Å²) in [6.45, 7) is 8.96. The van der Waals surface area contributed by atoms with Crippen LogP contribution in [0.4, 0.5) is 5.69 Å². The highest BCUT2D eigenvalue weighted by atomic mass is 16.2. The van der Waals surface area contributed by atoms with Crippen molar-refractivity contribution in [3.05, 3.63) is 64.7 Å². The first-order chi connectivity index (χ1) is 13.3. The smallest absolute Gasteiger partial charge is 0.253 e. The van der Waals surface area contributed by atoms with Gasteiger partial charge in [-0.25, -0.2) is 0 Å². The number of benzene rings is 2. The molecule has 0 heterocycles. The van der Waals surface area contributed by atoms with Crippen molar-refractivity contribution < 1.29 is 14.4 Å². The molecule has 0 aliphatic rings. The number of nitrogens with zero attached hydrogens (tertiary/aromatic N) is 1. The topological polar surface area (TPSA) is 66.5 Å². The predicted molar refractivity (Wildman–Crippen MR) is 112 cm³/mol. The van der Waals surface area contributed by atoms with Crippen LogP contribution in [0.5, 0.6) is 0 Å². The summed E-state index contributed by atoms with van der Waals surface area (Å²) in [6.07, 6.45) is 0.245. The Morgan fingerprint density at radius 2 is 1.64 bits per heavy atom. The van der Waals surface area contributed by atoms with E-state index in [1.807, 2.05) is 45.9 Å². The molecule has 0 bridgehead atoms. The van der Waals surface area contributed by atoms with E-state index in [0.29, 0.717) is 29.9 Å². The molecule has 0 radical (unpaired) electrons. The van der Waals surface area contributed by atoms with Crippen LogP contribution in [0.2, 0.25) is 0 Å². The number of Topliss-reactive ketones (excluding diaryl/α,β-unsaturated/α-hetero) is 1. The number of carbonyl (C=O) groups excluding carboxylic acids is 3. The summed E-state index contributed by atoms with van der Waals surface area (Å²) in [7, 11) is 0. The molecule has 0 aliphatic heterocycles. The quantitative estimate of drug-likeness (QED) is 0.691. The van der Waals surface area contributed by atoms with Gasteiger partial charge in [0.1, 0.15) is 0 Å². The summed E-state index contributed by atoms with van der Waals surface area (Å²) in [5.74, 6) is -0.348. The molecule has 2 rings (SSSR count). The van der Waals surface area contributed by atoms with Gasteiger partial charge in [-0.2, -0.15) is 0 Å². The van der Waals surface area contributed by atoms with E-state index in [0.717, 1.165) is 11.1 Å². The summed E-state index contributed by atoms with van der Waals surface area (Å²) in [6, 6.07) is 12.6. The van der Waals surface area contributed by atoms with Gasteiger partial charge in [0.25, 0.3) is 5.91 Å². The van der Waals surface area contributed by atoms with Gasteiger partial charge in [0, 0.05) is 42.7 Å². The lowest BCUT2D eigenvalue weighted by molar-refractivity contribution is -0.116. The average Bonchev–Trinajstić information content (AvgIpc) is 2.69. The molecular weight excluding hydrogens is 352 g/mol. The zero-order valence-corrected chi connectivity index (χ0v) is 17.0. The maximum atomic E-state index is 12.4. The first-order valence-electron chi connectivity index (χ1n) is 9.65. The van der Waals surface area contributed by atoms with Crippen LogP contribution >= 0.6 is 0 Å². The van der Waals surface area contributed by atoms with Crippen molar-refractivity contribution >= 4 is 23.3 Å². The van der Waals surface area contributed by atoms with Crippen molar-refractivity contribution in [3.63, 3.8) is 0 Å². The Labute approximate surface area is 166 Å². The van der Waals surface area contributed by atoms with E-state index in [1.54, 1.807) is 29.2 Å². The molecular formula is C23H28N2O3. The fraction of sp³-hybridized carbons (Fsp3) is 0.348. The van der Waals surface area contributed by atoms with Gasteiger partial charge in [-0.1, -0.05) is 23.8 Å². The van der Waals surface area contributed by atoms with Gasteiger partial charge in [0.05, 0.1) is 0 Å². The highest BCUT2D eigenvalue weighted by Gasteiger charge is 2.15. The fourth-order valence-corrected chi connectivity index (χ4v) is 3.04. The third-order valence-electron chi connectivity index (χ3n) is 4.72. The first kappa shape index (κ1) is 21.4. The van der Waals surface area contributed by atoms with Crippen LogP contribution in [0.1, 0.15) is 58.5 Å². The Kier molecular flexibility index (Phi) is 7.50. The van der Waals surface area contributed by atoms with Crippen molar-refractivity contribution in [1.29, 1.82) is 0 Å². The fourth-order valence-electron chi connectivity index (χ4n) is 3.04. The van der Waals surface area contributed by atoms with Gasteiger partial charge < -0.3 is 10.2 Å². The highest BCUT2D eigenvalue weighted by molar-refractivity contribution is 6.01. The molecule has 0 spiro atoms. The molecule has 0 fully saturated rings.